The van der Waals surface area contributed by atoms with E-state index in [4.69, 9.17) is 11.6 Å². The molecular weight excluding hydrogens is 236 g/mol. The smallest absolute Gasteiger partial charge is 0.427 e. The van der Waals surface area contributed by atoms with Crippen molar-refractivity contribution in [1.82, 2.24) is 5.43 Å². The van der Waals surface area contributed by atoms with Crippen LogP contribution in [0.1, 0.15) is 18.7 Å². The first-order valence-corrected chi connectivity index (χ1v) is 5.55. The van der Waals surface area contributed by atoms with Crippen molar-refractivity contribution >= 4 is 34.7 Å². The molecular formula is C9H11ClN2O2S. The summed E-state index contributed by atoms with van der Waals surface area (Å²) in [6.45, 7) is 3.84. The SMILES string of the molecule is CCOC(=O)N/N=C(\C)c1ccc(Cl)s1. The molecule has 82 valence electrons. The number of hydrogen-bond acceptors (Lipinski definition) is 4. The summed E-state index contributed by atoms with van der Waals surface area (Å²) in [4.78, 5) is 11.8. The molecule has 0 aliphatic rings. The van der Waals surface area contributed by atoms with E-state index < -0.39 is 6.09 Å². The predicted molar refractivity (Wildman–Crippen MR) is 61.7 cm³/mol. The van der Waals surface area contributed by atoms with E-state index in [1.807, 2.05) is 6.07 Å². The lowest BCUT2D eigenvalue weighted by Gasteiger charge is -2.00. The molecule has 0 fully saturated rings. The Balaban J connectivity index is 2.56. The van der Waals surface area contributed by atoms with Crippen LogP contribution >= 0.6 is 22.9 Å². The molecule has 0 spiro atoms. The monoisotopic (exact) mass is 246 g/mol. The van der Waals surface area contributed by atoms with Gasteiger partial charge in [0.1, 0.15) is 0 Å². The van der Waals surface area contributed by atoms with Crippen LogP contribution in [0.25, 0.3) is 0 Å². The number of hydrogen-bond donors (Lipinski definition) is 1. The number of carbonyl (C=O) groups is 1. The van der Waals surface area contributed by atoms with Crippen molar-refractivity contribution in [2.75, 3.05) is 6.61 Å². The van der Waals surface area contributed by atoms with E-state index in [0.717, 1.165) is 4.88 Å². The zero-order valence-corrected chi connectivity index (χ0v) is 9.98. The van der Waals surface area contributed by atoms with Gasteiger partial charge in [-0.3, -0.25) is 0 Å². The molecule has 0 radical (unpaired) electrons. The first kappa shape index (κ1) is 12.0. The van der Waals surface area contributed by atoms with Crippen LogP contribution in [0.2, 0.25) is 4.34 Å². The van der Waals surface area contributed by atoms with E-state index in [1.54, 1.807) is 19.9 Å². The van der Waals surface area contributed by atoms with Crippen LogP contribution in [0.5, 0.6) is 0 Å². The highest BCUT2D eigenvalue weighted by Gasteiger charge is 2.03. The Kier molecular flexibility index (Phi) is 4.58. The van der Waals surface area contributed by atoms with Gasteiger partial charge in [-0.2, -0.15) is 5.10 Å². The van der Waals surface area contributed by atoms with Crippen LogP contribution in [0.3, 0.4) is 0 Å². The lowest BCUT2D eigenvalue weighted by Crippen LogP contribution is -2.20. The number of thiophene rings is 1. The zero-order valence-electron chi connectivity index (χ0n) is 8.41. The van der Waals surface area contributed by atoms with Gasteiger partial charge < -0.3 is 4.74 Å². The maximum absolute atomic E-state index is 10.9. The fourth-order valence-electron chi connectivity index (χ4n) is 0.857. The number of nitrogens with one attached hydrogen (secondary N) is 1. The first-order chi connectivity index (χ1) is 7.13. The van der Waals surface area contributed by atoms with E-state index in [-0.39, 0.29) is 0 Å². The average molecular weight is 247 g/mol. The molecule has 1 aromatic rings. The van der Waals surface area contributed by atoms with Gasteiger partial charge in [-0.25, -0.2) is 10.2 Å². The summed E-state index contributed by atoms with van der Waals surface area (Å²) in [5, 5.41) is 3.87. The molecule has 1 heterocycles. The van der Waals surface area contributed by atoms with Gasteiger partial charge in [0.2, 0.25) is 0 Å². The van der Waals surface area contributed by atoms with E-state index in [1.165, 1.54) is 11.3 Å². The van der Waals surface area contributed by atoms with Gasteiger partial charge in [0.05, 0.1) is 21.5 Å². The number of halogens is 1. The highest BCUT2D eigenvalue weighted by Crippen LogP contribution is 2.21. The highest BCUT2D eigenvalue weighted by atomic mass is 35.5. The van der Waals surface area contributed by atoms with Crippen molar-refractivity contribution in [3.63, 3.8) is 0 Å². The molecule has 0 unspecified atom stereocenters. The van der Waals surface area contributed by atoms with Crippen LogP contribution in [-0.4, -0.2) is 18.4 Å². The van der Waals surface area contributed by atoms with Gasteiger partial charge in [0, 0.05) is 0 Å². The van der Waals surface area contributed by atoms with E-state index in [2.05, 4.69) is 15.3 Å². The van der Waals surface area contributed by atoms with Gasteiger partial charge in [0.25, 0.3) is 0 Å². The quantitative estimate of drug-likeness (QED) is 0.659. The van der Waals surface area contributed by atoms with Crippen LogP contribution in [0, 0.1) is 0 Å². The van der Waals surface area contributed by atoms with Crippen molar-refractivity contribution in [3.05, 3.63) is 21.3 Å². The Labute approximate surface area is 96.9 Å². The number of nitrogens with zero attached hydrogens (tertiary/aromatic N) is 1. The lowest BCUT2D eigenvalue weighted by atomic mass is 10.3. The molecule has 0 atom stereocenters. The second kappa shape index (κ2) is 5.72. The van der Waals surface area contributed by atoms with Crippen LogP contribution in [0.4, 0.5) is 4.79 Å². The highest BCUT2D eigenvalue weighted by molar-refractivity contribution is 7.18. The molecule has 0 saturated heterocycles. The topological polar surface area (TPSA) is 50.7 Å². The minimum absolute atomic E-state index is 0.325. The average Bonchev–Trinajstić information content (AvgIpc) is 2.62. The van der Waals surface area contributed by atoms with Crippen molar-refractivity contribution in [3.8, 4) is 0 Å². The lowest BCUT2D eigenvalue weighted by molar-refractivity contribution is 0.152. The van der Waals surface area contributed by atoms with Gasteiger partial charge in [-0.1, -0.05) is 11.6 Å². The second-order valence-corrected chi connectivity index (χ2v) is 4.35. The third kappa shape index (κ3) is 3.89. The van der Waals surface area contributed by atoms with Gasteiger partial charge in [-0.15, -0.1) is 11.3 Å². The summed E-state index contributed by atoms with van der Waals surface area (Å²) >= 11 is 7.17. The number of rotatable bonds is 3. The Morgan fingerprint density at radius 2 is 2.40 bits per heavy atom. The maximum atomic E-state index is 10.9. The summed E-state index contributed by atoms with van der Waals surface area (Å²) in [7, 11) is 0. The molecule has 1 amide bonds. The molecule has 0 saturated carbocycles. The van der Waals surface area contributed by atoms with Crippen LogP contribution in [-0.2, 0) is 4.74 Å². The predicted octanol–water partition coefficient (Wildman–Crippen LogP) is 2.87. The van der Waals surface area contributed by atoms with Gasteiger partial charge >= 0.3 is 6.09 Å². The molecule has 1 N–H and O–H groups in total. The number of carbonyl (C=O) groups excluding carboxylic acids is 1. The summed E-state index contributed by atoms with van der Waals surface area (Å²) in [5.74, 6) is 0. The molecule has 0 aliphatic carbocycles. The Hall–Kier alpha value is -1.07. The molecule has 15 heavy (non-hydrogen) atoms. The minimum atomic E-state index is -0.556. The molecule has 0 aliphatic heterocycles. The second-order valence-electron chi connectivity index (χ2n) is 2.63. The van der Waals surface area contributed by atoms with E-state index >= 15 is 0 Å². The van der Waals surface area contributed by atoms with E-state index in [9.17, 15) is 4.79 Å². The number of ether oxygens (including phenoxy) is 1. The van der Waals surface area contributed by atoms with Crippen LogP contribution in [0.15, 0.2) is 17.2 Å². The summed E-state index contributed by atoms with van der Waals surface area (Å²) in [6, 6.07) is 3.63. The van der Waals surface area contributed by atoms with Crippen molar-refractivity contribution in [2.45, 2.75) is 13.8 Å². The molecule has 6 heteroatoms. The van der Waals surface area contributed by atoms with Gasteiger partial charge in [-0.05, 0) is 26.0 Å². The summed E-state index contributed by atoms with van der Waals surface area (Å²) < 4.78 is 5.34. The molecule has 4 nitrogen and oxygen atoms in total. The normalized spacial score (nSPS) is 11.3. The number of amides is 1. The van der Waals surface area contributed by atoms with Crippen molar-refractivity contribution in [2.24, 2.45) is 5.10 Å². The fourth-order valence-corrected chi connectivity index (χ4v) is 1.84. The largest absolute Gasteiger partial charge is 0.449 e. The standard InChI is InChI=1S/C9H11ClN2O2S/c1-3-14-9(13)12-11-6(2)7-4-5-8(10)15-7/h4-5H,3H2,1-2H3,(H,12,13)/b11-6+. The summed E-state index contributed by atoms with van der Waals surface area (Å²) in [5.41, 5.74) is 2.98. The molecule has 1 aromatic heterocycles. The van der Waals surface area contributed by atoms with E-state index in [0.29, 0.717) is 16.7 Å². The van der Waals surface area contributed by atoms with Crippen LogP contribution < -0.4 is 5.43 Å². The van der Waals surface area contributed by atoms with Gasteiger partial charge in [0.15, 0.2) is 0 Å². The Morgan fingerprint density at radius 1 is 1.67 bits per heavy atom. The van der Waals surface area contributed by atoms with Crippen molar-refractivity contribution < 1.29 is 9.53 Å². The molecule has 0 bridgehead atoms. The fraction of sp³-hybridized carbons (Fsp3) is 0.333. The third-order valence-corrected chi connectivity index (χ3v) is 2.86. The number of hydrazone groups is 1. The third-order valence-electron chi connectivity index (χ3n) is 1.52. The zero-order chi connectivity index (χ0) is 11.3. The minimum Gasteiger partial charge on any atom is -0.449 e. The molecule has 1 rings (SSSR count). The Morgan fingerprint density at radius 3 is 2.93 bits per heavy atom. The maximum Gasteiger partial charge on any atom is 0.427 e. The summed E-state index contributed by atoms with van der Waals surface area (Å²) in [6.07, 6.45) is -0.556. The molecule has 0 aromatic carbocycles. The first-order valence-electron chi connectivity index (χ1n) is 4.36. The Bertz CT molecular complexity index is 376. The van der Waals surface area contributed by atoms with Crippen molar-refractivity contribution in [1.29, 1.82) is 0 Å².